The number of nitrogens with zero attached hydrogens (tertiary/aromatic N) is 2. The second-order valence-electron chi connectivity index (χ2n) is 5.33. The Bertz CT molecular complexity index is 435. The first-order chi connectivity index (χ1) is 9.69. The summed E-state index contributed by atoms with van der Waals surface area (Å²) in [7, 11) is 0. The van der Waals surface area contributed by atoms with Crippen molar-refractivity contribution in [1.82, 2.24) is 15.2 Å². The van der Waals surface area contributed by atoms with E-state index in [1.165, 1.54) is 0 Å². The molecule has 2 rings (SSSR count). The van der Waals surface area contributed by atoms with Crippen molar-refractivity contribution in [2.75, 3.05) is 19.6 Å². The Morgan fingerprint density at radius 3 is 3.10 bits per heavy atom. The first kappa shape index (κ1) is 15.4. The Morgan fingerprint density at radius 2 is 2.40 bits per heavy atom. The normalized spacial score (nSPS) is 19.8. The van der Waals surface area contributed by atoms with Crippen LogP contribution in [-0.4, -0.2) is 35.4 Å². The summed E-state index contributed by atoms with van der Waals surface area (Å²) in [6.45, 7) is 5.57. The molecule has 1 fully saturated rings. The molecule has 1 aliphatic rings. The number of amides is 1. The number of aromatic nitrogens is 1. The summed E-state index contributed by atoms with van der Waals surface area (Å²) in [4.78, 5) is 18.8. The lowest BCUT2D eigenvalue weighted by Gasteiger charge is -2.31. The molecule has 0 spiro atoms. The number of piperidine rings is 1. The molecule has 20 heavy (non-hydrogen) atoms. The van der Waals surface area contributed by atoms with E-state index in [2.05, 4.69) is 38.1 Å². The molecule has 0 aromatic carbocycles. The molecule has 0 bridgehead atoms. The van der Waals surface area contributed by atoms with Gasteiger partial charge in [0.1, 0.15) is 0 Å². The summed E-state index contributed by atoms with van der Waals surface area (Å²) < 4.78 is 0.997. The molecule has 4 nitrogen and oxygen atoms in total. The van der Waals surface area contributed by atoms with Crippen LogP contribution >= 0.6 is 15.9 Å². The van der Waals surface area contributed by atoms with E-state index in [0.717, 1.165) is 55.6 Å². The van der Waals surface area contributed by atoms with Crippen molar-refractivity contribution in [2.24, 2.45) is 5.92 Å². The summed E-state index contributed by atoms with van der Waals surface area (Å²) in [6.07, 6.45) is 4.90. The van der Waals surface area contributed by atoms with Crippen LogP contribution < -0.4 is 5.32 Å². The van der Waals surface area contributed by atoms with E-state index < -0.39 is 0 Å². The highest BCUT2D eigenvalue weighted by atomic mass is 79.9. The summed E-state index contributed by atoms with van der Waals surface area (Å²) in [5, 5.41) is 3.01. The molecule has 110 valence electrons. The van der Waals surface area contributed by atoms with E-state index in [0.29, 0.717) is 0 Å². The lowest BCUT2D eigenvalue weighted by molar-refractivity contribution is -0.126. The van der Waals surface area contributed by atoms with E-state index in [1.54, 1.807) is 0 Å². The van der Waals surface area contributed by atoms with Crippen LogP contribution in [0.1, 0.15) is 31.9 Å². The monoisotopic (exact) mass is 339 g/mol. The molecule has 1 aromatic rings. The van der Waals surface area contributed by atoms with Gasteiger partial charge >= 0.3 is 0 Å². The molecule has 1 aromatic heterocycles. The van der Waals surface area contributed by atoms with Gasteiger partial charge in [-0.15, -0.1) is 0 Å². The average molecular weight is 340 g/mol. The smallest absolute Gasteiger partial charge is 0.224 e. The second kappa shape index (κ2) is 7.74. The maximum Gasteiger partial charge on any atom is 0.224 e. The van der Waals surface area contributed by atoms with E-state index >= 15 is 0 Å². The Morgan fingerprint density at radius 1 is 1.55 bits per heavy atom. The zero-order valence-electron chi connectivity index (χ0n) is 11.9. The highest BCUT2D eigenvalue weighted by Gasteiger charge is 2.25. The number of hydrogen-bond donors (Lipinski definition) is 1. The number of pyridine rings is 1. The number of rotatable bonds is 5. The number of nitrogens with one attached hydrogen (secondary N) is 1. The molecule has 0 aliphatic carbocycles. The quantitative estimate of drug-likeness (QED) is 0.896. The minimum atomic E-state index is 0.130. The van der Waals surface area contributed by atoms with E-state index in [4.69, 9.17) is 0 Å². The maximum absolute atomic E-state index is 12.0. The van der Waals surface area contributed by atoms with Gasteiger partial charge in [0, 0.05) is 30.3 Å². The molecular weight excluding hydrogens is 318 g/mol. The van der Waals surface area contributed by atoms with Crippen LogP contribution in [0.15, 0.2) is 22.8 Å². The lowest BCUT2D eigenvalue weighted by Crippen LogP contribution is -2.42. The Hall–Kier alpha value is -0.940. The van der Waals surface area contributed by atoms with Gasteiger partial charge in [0.15, 0.2) is 0 Å². The fraction of sp³-hybridized carbons (Fsp3) is 0.600. The largest absolute Gasteiger partial charge is 0.356 e. The van der Waals surface area contributed by atoms with Crippen molar-refractivity contribution in [1.29, 1.82) is 0 Å². The van der Waals surface area contributed by atoms with E-state index in [1.807, 2.05) is 18.3 Å². The third-order valence-corrected chi connectivity index (χ3v) is 4.07. The van der Waals surface area contributed by atoms with Crippen LogP contribution in [0.25, 0.3) is 0 Å². The highest BCUT2D eigenvalue weighted by Crippen LogP contribution is 2.18. The second-order valence-corrected chi connectivity index (χ2v) is 6.25. The van der Waals surface area contributed by atoms with E-state index in [-0.39, 0.29) is 11.8 Å². The van der Waals surface area contributed by atoms with Gasteiger partial charge in [-0.05, 0) is 53.9 Å². The standard InChI is InChI=1S/C15H22BrN3O/c1-2-7-17-15(20)12-4-3-8-19(10-12)11-14-6-5-13(16)9-18-14/h5-6,9,12H,2-4,7-8,10-11H2,1H3,(H,17,20)/t12-/m0/s1. The molecule has 2 heterocycles. The Kier molecular flexibility index (Phi) is 5.98. The van der Waals surface area contributed by atoms with Crippen molar-refractivity contribution in [2.45, 2.75) is 32.7 Å². The highest BCUT2D eigenvalue weighted by molar-refractivity contribution is 9.10. The summed E-state index contributed by atoms with van der Waals surface area (Å²) in [6, 6.07) is 4.04. The first-order valence-corrected chi connectivity index (χ1v) is 8.09. The fourth-order valence-corrected chi connectivity index (χ4v) is 2.77. The van der Waals surface area contributed by atoms with E-state index in [9.17, 15) is 4.79 Å². The predicted molar refractivity (Wildman–Crippen MR) is 83.2 cm³/mol. The molecule has 1 atom stereocenters. The molecule has 1 saturated heterocycles. The Balaban J connectivity index is 1.86. The SMILES string of the molecule is CCCNC(=O)[C@H]1CCCN(Cc2ccc(Br)cn2)C1. The number of carbonyl (C=O) groups excluding carboxylic acids is 1. The van der Waals surface area contributed by atoms with Gasteiger partial charge in [-0.1, -0.05) is 6.92 Å². The fourth-order valence-electron chi connectivity index (χ4n) is 2.53. The summed E-state index contributed by atoms with van der Waals surface area (Å²) in [5.74, 6) is 0.339. The minimum absolute atomic E-state index is 0.130. The molecule has 0 radical (unpaired) electrons. The molecule has 5 heteroatoms. The van der Waals surface area contributed by atoms with Crippen LogP contribution in [0.4, 0.5) is 0 Å². The predicted octanol–water partition coefficient (Wildman–Crippen LogP) is 2.58. The lowest BCUT2D eigenvalue weighted by atomic mass is 9.97. The minimum Gasteiger partial charge on any atom is -0.356 e. The number of halogens is 1. The van der Waals surface area contributed by atoms with Gasteiger partial charge in [0.25, 0.3) is 0 Å². The molecular formula is C15H22BrN3O. The number of likely N-dealkylation sites (tertiary alicyclic amines) is 1. The zero-order valence-corrected chi connectivity index (χ0v) is 13.5. The van der Waals surface area contributed by atoms with Crippen molar-refractivity contribution in [3.8, 4) is 0 Å². The van der Waals surface area contributed by atoms with Crippen molar-refractivity contribution in [3.63, 3.8) is 0 Å². The zero-order chi connectivity index (χ0) is 14.4. The third kappa shape index (κ3) is 4.56. The number of carbonyl (C=O) groups is 1. The van der Waals surface area contributed by atoms with Crippen LogP contribution in [0.5, 0.6) is 0 Å². The van der Waals surface area contributed by atoms with Crippen LogP contribution in [0, 0.1) is 5.92 Å². The van der Waals surface area contributed by atoms with Crippen LogP contribution in [0.2, 0.25) is 0 Å². The van der Waals surface area contributed by atoms with Gasteiger partial charge in [0.2, 0.25) is 5.91 Å². The van der Waals surface area contributed by atoms with Gasteiger partial charge in [-0.25, -0.2) is 0 Å². The van der Waals surface area contributed by atoms with Crippen molar-refractivity contribution >= 4 is 21.8 Å². The van der Waals surface area contributed by atoms with Crippen LogP contribution in [0.3, 0.4) is 0 Å². The molecule has 0 unspecified atom stereocenters. The summed E-state index contributed by atoms with van der Waals surface area (Å²) in [5.41, 5.74) is 1.06. The first-order valence-electron chi connectivity index (χ1n) is 7.29. The van der Waals surface area contributed by atoms with Gasteiger partial charge in [-0.2, -0.15) is 0 Å². The van der Waals surface area contributed by atoms with Crippen molar-refractivity contribution in [3.05, 3.63) is 28.5 Å². The molecule has 1 N–H and O–H groups in total. The molecule has 1 aliphatic heterocycles. The summed E-state index contributed by atoms with van der Waals surface area (Å²) >= 11 is 3.39. The van der Waals surface area contributed by atoms with Crippen LogP contribution in [-0.2, 0) is 11.3 Å². The maximum atomic E-state index is 12.0. The van der Waals surface area contributed by atoms with Crippen molar-refractivity contribution < 1.29 is 4.79 Å². The Labute approximate surface area is 129 Å². The third-order valence-electron chi connectivity index (χ3n) is 3.60. The molecule has 0 saturated carbocycles. The number of hydrogen-bond acceptors (Lipinski definition) is 3. The van der Waals surface area contributed by atoms with Gasteiger partial charge in [-0.3, -0.25) is 14.7 Å². The average Bonchev–Trinajstić information content (AvgIpc) is 2.47. The van der Waals surface area contributed by atoms with Gasteiger partial charge in [0.05, 0.1) is 11.6 Å². The topological polar surface area (TPSA) is 45.2 Å². The molecule has 1 amide bonds. The van der Waals surface area contributed by atoms with Gasteiger partial charge < -0.3 is 5.32 Å².